The Kier molecular flexibility index (Phi) is 26.6. The Balaban J connectivity index is 0.000000116. The zero-order valence-electron chi connectivity index (χ0n) is 65.4. The number of methoxy groups -OCH3 is 2. The van der Waals surface area contributed by atoms with Gasteiger partial charge in [0.1, 0.15) is 11.2 Å². The summed E-state index contributed by atoms with van der Waals surface area (Å²) in [4.78, 5) is 0. The summed E-state index contributed by atoms with van der Waals surface area (Å²) in [6.07, 6.45) is 7.18. The Bertz CT molecular complexity index is 4050. The van der Waals surface area contributed by atoms with Gasteiger partial charge in [0.15, 0.2) is 0 Å². The van der Waals surface area contributed by atoms with E-state index in [-0.39, 0.29) is 21.7 Å². The van der Waals surface area contributed by atoms with Crippen molar-refractivity contribution in [3.05, 3.63) is 431 Å². The second kappa shape index (κ2) is 37.4. The van der Waals surface area contributed by atoms with Crippen LogP contribution in [0.1, 0.15) is 133 Å². The van der Waals surface area contributed by atoms with Crippen LogP contribution in [0.2, 0.25) is 0 Å². The molecule has 18 rings (SSSR count). The van der Waals surface area contributed by atoms with Gasteiger partial charge >= 0.3 is 0 Å². The SMILES string of the molecule is CC(c1ccccc1)(c1ccccc1)C1CN1.CC(c1ccccc1)(c1ccccc1)C1CN1.CC(c1ccccc1)(c1ccccc1)[C@@H]1CCN1.CC(c1ccccc1)(c1ccccc1)[C@H]1CCN1.COC(c1ccccc1)(c1ccccc1)[C@@H]1CCCN1.COC(c1ccccc1)(c1ccccc1)[C@H]1CCCN1. The average Bonchev–Trinajstić information content (AvgIpc) is 1.57. The fourth-order valence-electron chi connectivity index (χ4n) is 17.7. The molecule has 8 nitrogen and oxygen atoms in total. The summed E-state index contributed by atoms with van der Waals surface area (Å²) >= 11 is 0. The second-order valence-electron chi connectivity index (χ2n) is 30.9. The molecule has 0 spiro atoms. The van der Waals surface area contributed by atoms with Crippen LogP contribution >= 0.6 is 0 Å². The summed E-state index contributed by atoms with van der Waals surface area (Å²) in [5.74, 6) is 0. The van der Waals surface area contributed by atoms with Gasteiger partial charge in [0, 0.05) is 85.2 Å². The van der Waals surface area contributed by atoms with E-state index in [1.165, 1.54) is 92.4 Å². The number of ether oxygens (including phenoxy) is 2. The quantitative estimate of drug-likeness (QED) is 0.0419. The lowest BCUT2D eigenvalue weighted by Crippen LogP contribution is -2.56. The molecular formula is C102H114N6O2. The minimum absolute atomic E-state index is 0.0702. The number of hydrogen-bond acceptors (Lipinski definition) is 8. The zero-order valence-corrected chi connectivity index (χ0v) is 65.4. The van der Waals surface area contributed by atoms with Crippen LogP contribution in [0.4, 0.5) is 0 Å². The molecule has 12 aromatic rings. The van der Waals surface area contributed by atoms with E-state index in [9.17, 15) is 0 Å². The predicted octanol–water partition coefficient (Wildman–Crippen LogP) is 19.3. The van der Waals surface area contributed by atoms with Gasteiger partial charge in [0.2, 0.25) is 0 Å². The number of hydrogen-bond donors (Lipinski definition) is 6. The van der Waals surface area contributed by atoms with Gasteiger partial charge < -0.3 is 41.4 Å². The number of nitrogens with one attached hydrogen (secondary N) is 6. The average molecular weight is 1460 g/mol. The van der Waals surface area contributed by atoms with Crippen LogP contribution in [0.5, 0.6) is 0 Å². The van der Waals surface area contributed by atoms with Crippen LogP contribution in [0.3, 0.4) is 0 Å². The van der Waals surface area contributed by atoms with E-state index in [4.69, 9.17) is 9.47 Å². The molecule has 564 valence electrons. The topological polar surface area (TPSA) is 110 Å². The van der Waals surface area contributed by atoms with Crippen molar-refractivity contribution in [1.29, 1.82) is 0 Å². The summed E-state index contributed by atoms with van der Waals surface area (Å²) in [5.41, 5.74) is 15.5. The standard InChI is InChI=1S/2C18H21NO.2C17H19N.2C16H17N/c2*1-20-18(17-13-8-14-19-17,15-9-4-2-5-10-15)16-11-6-3-7-12-16;2*1-17(16-12-13-18-16,14-8-4-2-5-9-14)15-10-6-3-7-11-15;2*1-16(15-12-17-15,13-8-4-2-5-9-13)14-10-6-3-7-11-14/h2*2-7,9-12,17,19H,8,13-14H2,1H3;2*2-11,16,18H,12-13H2,1H3;2*2-11,15,17H,12H2,1H3/t2*17-;2*16-;;/m1010../s1. The summed E-state index contributed by atoms with van der Waals surface area (Å²) in [6, 6.07) is 132. The van der Waals surface area contributed by atoms with Gasteiger partial charge in [-0.1, -0.05) is 364 Å². The van der Waals surface area contributed by atoms with Crippen LogP contribution in [-0.4, -0.2) is 89.7 Å². The maximum Gasteiger partial charge on any atom is 0.133 e. The van der Waals surface area contributed by atoms with Crippen molar-refractivity contribution in [3.63, 3.8) is 0 Å². The molecule has 8 heteroatoms. The molecule has 6 fully saturated rings. The lowest BCUT2D eigenvalue weighted by molar-refractivity contribution is -0.00631. The minimum atomic E-state index is -0.404. The lowest BCUT2D eigenvalue weighted by Gasteiger charge is -2.44. The molecule has 110 heavy (non-hydrogen) atoms. The smallest absolute Gasteiger partial charge is 0.133 e. The lowest BCUT2D eigenvalue weighted by atomic mass is 9.67. The summed E-state index contributed by atoms with van der Waals surface area (Å²) in [6.45, 7) is 16.0. The second-order valence-corrected chi connectivity index (χ2v) is 30.9. The highest BCUT2D eigenvalue weighted by Gasteiger charge is 2.48. The minimum Gasteiger partial charge on any atom is -0.367 e. The van der Waals surface area contributed by atoms with Crippen molar-refractivity contribution >= 4 is 0 Å². The third-order valence-corrected chi connectivity index (χ3v) is 24.8. The highest BCUT2D eigenvalue weighted by atomic mass is 16.5. The summed E-state index contributed by atoms with van der Waals surface area (Å²) in [7, 11) is 3.64. The molecule has 0 bridgehead atoms. The van der Waals surface area contributed by atoms with Gasteiger partial charge in [0.25, 0.3) is 0 Å². The largest absolute Gasteiger partial charge is 0.367 e. The summed E-state index contributed by atoms with van der Waals surface area (Å²) in [5, 5.41) is 21.4. The maximum atomic E-state index is 6.13. The van der Waals surface area contributed by atoms with Gasteiger partial charge in [0.05, 0.1) is 0 Å². The number of benzene rings is 12. The molecule has 6 aliphatic rings. The van der Waals surface area contributed by atoms with Crippen LogP contribution in [0.25, 0.3) is 0 Å². The van der Waals surface area contributed by atoms with E-state index in [2.05, 4.69) is 424 Å². The molecule has 2 unspecified atom stereocenters. The first-order valence-corrected chi connectivity index (χ1v) is 40.2. The van der Waals surface area contributed by atoms with Gasteiger partial charge in [-0.3, -0.25) is 0 Å². The Labute approximate surface area is 657 Å². The van der Waals surface area contributed by atoms with Crippen LogP contribution in [0.15, 0.2) is 364 Å². The van der Waals surface area contributed by atoms with Crippen molar-refractivity contribution in [2.75, 3.05) is 53.5 Å². The van der Waals surface area contributed by atoms with E-state index < -0.39 is 11.2 Å². The molecule has 6 aliphatic heterocycles. The fourth-order valence-corrected chi connectivity index (χ4v) is 17.7. The fraction of sp³-hybridized carbons (Fsp3) is 0.294. The van der Waals surface area contributed by atoms with E-state index in [0.717, 1.165) is 52.1 Å². The molecule has 12 aromatic carbocycles. The van der Waals surface area contributed by atoms with E-state index in [0.29, 0.717) is 36.3 Å². The Morgan fingerprint density at radius 1 is 0.200 bits per heavy atom. The molecule has 0 aromatic heterocycles. The highest BCUT2D eigenvalue weighted by molar-refractivity contribution is 5.48. The van der Waals surface area contributed by atoms with Gasteiger partial charge in [-0.2, -0.15) is 0 Å². The van der Waals surface area contributed by atoms with E-state index in [1.54, 1.807) is 0 Å². The highest BCUT2D eigenvalue weighted by Crippen LogP contribution is 2.45. The molecule has 6 saturated heterocycles. The Morgan fingerprint density at radius 2 is 0.355 bits per heavy atom. The van der Waals surface area contributed by atoms with E-state index >= 15 is 0 Å². The van der Waals surface area contributed by atoms with Gasteiger partial charge in [-0.15, -0.1) is 0 Å². The first-order valence-electron chi connectivity index (χ1n) is 40.2. The number of rotatable bonds is 20. The normalized spacial score (nSPS) is 19.1. The molecule has 0 amide bonds. The Hall–Kier alpha value is -9.68. The molecule has 6 N–H and O–H groups in total. The van der Waals surface area contributed by atoms with E-state index in [1.807, 2.05) is 14.2 Å². The predicted molar refractivity (Wildman–Crippen MR) is 457 cm³/mol. The van der Waals surface area contributed by atoms with Crippen molar-refractivity contribution < 1.29 is 9.47 Å². The third kappa shape index (κ3) is 17.3. The van der Waals surface area contributed by atoms with Gasteiger partial charge in [-0.05, 0) is 159 Å². The van der Waals surface area contributed by atoms with Crippen molar-refractivity contribution in [3.8, 4) is 0 Å². The van der Waals surface area contributed by atoms with Crippen molar-refractivity contribution in [2.45, 2.75) is 135 Å². The molecular weight excluding hydrogens is 1340 g/mol. The molecule has 0 saturated carbocycles. The first-order chi connectivity index (χ1) is 54.0. The maximum absolute atomic E-state index is 6.13. The monoisotopic (exact) mass is 1450 g/mol. The molecule has 6 heterocycles. The molecule has 0 aliphatic carbocycles. The Morgan fingerprint density at radius 3 is 0.482 bits per heavy atom. The third-order valence-electron chi connectivity index (χ3n) is 24.8. The van der Waals surface area contributed by atoms with Crippen molar-refractivity contribution in [1.82, 2.24) is 31.9 Å². The van der Waals surface area contributed by atoms with Crippen molar-refractivity contribution in [2.24, 2.45) is 0 Å². The van der Waals surface area contributed by atoms with Gasteiger partial charge in [-0.25, -0.2) is 0 Å². The zero-order chi connectivity index (χ0) is 76.0. The van der Waals surface area contributed by atoms with Crippen LogP contribution < -0.4 is 31.9 Å². The summed E-state index contributed by atoms with van der Waals surface area (Å²) < 4.78 is 12.3. The molecule has 6 atom stereocenters. The van der Waals surface area contributed by atoms with Crippen LogP contribution in [-0.2, 0) is 42.3 Å². The van der Waals surface area contributed by atoms with Crippen LogP contribution in [0, 0.1) is 0 Å². The molecule has 0 radical (unpaired) electrons. The first kappa shape index (κ1) is 78.4.